The van der Waals surface area contributed by atoms with Crippen LogP contribution in [0.2, 0.25) is 0 Å². The second-order valence-electron chi connectivity index (χ2n) is 17.5. The standard InChI is InChI=1S/C62H41N4/c1-3-17-41(18-4-1)63-35-36-64(42-19-5-2-6-20-42)62-40-55-48-24-10-9-23-47(48)53-37-43(31-33-49(53)45-21-7-8-22-46(45)54(55)39-61(62)63)66-59-30-16-13-27-52(59)56-38-44(32-34-60(56)66)65-57-28-14-11-25-50(57)51-26-12-15-29-58(51)65/h1-35,37-40H,36H2/q+1. The fraction of sp³-hybridized carbons (Fsp3) is 0.0161. The predicted molar refractivity (Wildman–Crippen MR) is 273 cm³/mol. The van der Waals surface area contributed by atoms with Gasteiger partial charge in [-0.25, -0.2) is 0 Å². The number of benzene rings is 10. The van der Waals surface area contributed by atoms with Gasteiger partial charge in [0.1, 0.15) is 12.2 Å². The number of rotatable bonds is 4. The summed E-state index contributed by atoms with van der Waals surface area (Å²) < 4.78 is 7.26. The van der Waals surface area contributed by atoms with Gasteiger partial charge in [0.2, 0.25) is 11.4 Å². The van der Waals surface area contributed by atoms with Crippen LogP contribution in [0, 0.1) is 41.7 Å². The third kappa shape index (κ3) is 5.42. The van der Waals surface area contributed by atoms with E-state index >= 15 is 0 Å². The number of fused-ring (bicyclic) bond motifs is 11. The van der Waals surface area contributed by atoms with E-state index < -0.39 is 0 Å². The lowest BCUT2D eigenvalue weighted by atomic mass is 9.99. The maximum absolute atomic E-state index is 2.46. The number of hydrogen-bond donors (Lipinski definition) is 0. The Morgan fingerprint density at radius 2 is 0.742 bits per heavy atom. The van der Waals surface area contributed by atoms with Crippen molar-refractivity contribution >= 4 is 72.6 Å². The van der Waals surface area contributed by atoms with E-state index in [0.29, 0.717) is 0 Å². The van der Waals surface area contributed by atoms with E-state index in [1.165, 1.54) is 96.7 Å². The van der Waals surface area contributed by atoms with Gasteiger partial charge in [0.05, 0.1) is 22.1 Å². The Labute approximate surface area is 379 Å². The number of aromatic nitrogens is 2. The minimum absolute atomic E-state index is 0.744. The molecule has 12 aromatic rings. The first-order valence-corrected chi connectivity index (χ1v) is 22.8. The maximum Gasteiger partial charge on any atom is 0.235 e. The van der Waals surface area contributed by atoms with Crippen LogP contribution in [0.5, 0.6) is 0 Å². The summed E-state index contributed by atoms with van der Waals surface area (Å²) in [7, 11) is 0. The van der Waals surface area contributed by atoms with Crippen molar-refractivity contribution in [3.63, 3.8) is 0 Å². The van der Waals surface area contributed by atoms with Crippen LogP contribution in [0.25, 0.3) is 55.0 Å². The quantitative estimate of drug-likeness (QED) is 0.161. The summed E-state index contributed by atoms with van der Waals surface area (Å²) in [6.07, 6.45) is 2.32. The molecule has 66 heavy (non-hydrogen) atoms. The summed E-state index contributed by atoms with van der Waals surface area (Å²) >= 11 is 0. The van der Waals surface area contributed by atoms with E-state index in [9.17, 15) is 0 Å². The first-order valence-electron chi connectivity index (χ1n) is 22.8. The van der Waals surface area contributed by atoms with Crippen molar-refractivity contribution in [2.75, 3.05) is 11.4 Å². The van der Waals surface area contributed by atoms with Crippen molar-refractivity contribution in [1.82, 2.24) is 13.7 Å². The lowest BCUT2D eigenvalue weighted by Crippen LogP contribution is -2.29. The molecule has 14 rings (SSSR count). The van der Waals surface area contributed by atoms with Crippen molar-refractivity contribution < 1.29 is 0 Å². The van der Waals surface area contributed by atoms with Crippen LogP contribution in [-0.2, 0) is 0 Å². The van der Waals surface area contributed by atoms with E-state index in [1.54, 1.807) is 0 Å². The summed E-state index contributed by atoms with van der Waals surface area (Å²) in [6, 6.07) is 84.9. The third-order valence-corrected chi connectivity index (χ3v) is 14.0. The van der Waals surface area contributed by atoms with E-state index in [-0.39, 0.29) is 0 Å². The fourth-order valence-electron chi connectivity index (χ4n) is 11.1. The Balaban J connectivity index is 1.07. The summed E-state index contributed by atoms with van der Waals surface area (Å²) in [5.41, 5.74) is 11.7. The van der Waals surface area contributed by atoms with Crippen LogP contribution in [0.3, 0.4) is 0 Å². The largest absolute Gasteiger partial charge is 0.326 e. The molecule has 0 unspecified atom stereocenters. The van der Waals surface area contributed by atoms with Crippen molar-refractivity contribution in [3.05, 3.63) is 272 Å². The molecule has 0 fully saturated rings. The Morgan fingerprint density at radius 1 is 0.303 bits per heavy atom. The highest BCUT2D eigenvalue weighted by molar-refractivity contribution is 6.12. The number of para-hydroxylation sites is 5. The first-order chi connectivity index (χ1) is 32.8. The van der Waals surface area contributed by atoms with Gasteiger partial charge in [-0.05, 0) is 108 Å². The minimum atomic E-state index is 0.744. The van der Waals surface area contributed by atoms with Gasteiger partial charge in [-0.15, -0.1) is 0 Å². The zero-order valence-electron chi connectivity index (χ0n) is 36.0. The average molecular weight is 842 g/mol. The summed E-state index contributed by atoms with van der Waals surface area (Å²) in [4.78, 5) is 2.45. The second-order valence-corrected chi connectivity index (χ2v) is 17.5. The van der Waals surface area contributed by atoms with Crippen LogP contribution in [-0.4, -0.2) is 21.9 Å². The number of hydrogen-bond acceptors (Lipinski definition) is 1. The zero-order valence-corrected chi connectivity index (χ0v) is 36.0. The van der Waals surface area contributed by atoms with Gasteiger partial charge in [0.25, 0.3) is 0 Å². The molecule has 3 heterocycles. The van der Waals surface area contributed by atoms with Gasteiger partial charge < -0.3 is 14.0 Å². The average Bonchev–Trinajstić information content (AvgIpc) is 3.90. The molecule has 0 spiro atoms. The van der Waals surface area contributed by atoms with Gasteiger partial charge in [-0.2, -0.15) is 4.58 Å². The van der Waals surface area contributed by atoms with Gasteiger partial charge in [0.15, 0.2) is 6.21 Å². The lowest BCUT2D eigenvalue weighted by molar-refractivity contribution is 0.994. The molecular weight excluding hydrogens is 801 g/mol. The normalized spacial score (nSPS) is 12.8. The molecule has 1 aliphatic heterocycles. The summed E-state index contributed by atoms with van der Waals surface area (Å²) in [6.45, 7) is 0.744. The highest BCUT2D eigenvalue weighted by Crippen LogP contribution is 2.40. The van der Waals surface area contributed by atoms with Crippen LogP contribution in [0.4, 0.5) is 22.7 Å². The molecule has 2 aromatic heterocycles. The van der Waals surface area contributed by atoms with Crippen LogP contribution in [0.15, 0.2) is 231 Å². The monoisotopic (exact) mass is 841 g/mol. The van der Waals surface area contributed by atoms with Crippen molar-refractivity contribution in [2.45, 2.75) is 0 Å². The van der Waals surface area contributed by atoms with E-state index in [4.69, 9.17) is 0 Å². The molecule has 0 atom stereocenters. The molecule has 1 aliphatic carbocycles. The Morgan fingerprint density at radius 3 is 1.36 bits per heavy atom. The van der Waals surface area contributed by atoms with Gasteiger partial charge >= 0.3 is 0 Å². The van der Waals surface area contributed by atoms with E-state index in [0.717, 1.165) is 29.3 Å². The molecular formula is C62H41N4+. The van der Waals surface area contributed by atoms with Crippen molar-refractivity contribution in [3.8, 4) is 11.4 Å². The van der Waals surface area contributed by atoms with Crippen LogP contribution in [0.1, 0.15) is 0 Å². The molecule has 4 nitrogen and oxygen atoms in total. The minimum Gasteiger partial charge on any atom is -0.326 e. The summed E-state index contributed by atoms with van der Waals surface area (Å²) in [5.74, 6) is 0. The molecule has 0 amide bonds. The van der Waals surface area contributed by atoms with Crippen LogP contribution < -0.4 is 9.48 Å². The van der Waals surface area contributed by atoms with Crippen molar-refractivity contribution in [2.24, 2.45) is 0 Å². The molecule has 0 N–H and O–H groups in total. The van der Waals surface area contributed by atoms with Gasteiger partial charge in [0, 0.05) is 56.8 Å². The van der Waals surface area contributed by atoms with E-state index in [1.807, 2.05) is 0 Å². The molecule has 308 valence electrons. The Hall–Kier alpha value is -8.73. The number of nitrogens with zero attached hydrogens (tertiary/aromatic N) is 4. The third-order valence-electron chi connectivity index (χ3n) is 14.0. The highest BCUT2D eigenvalue weighted by Gasteiger charge is 2.28. The smallest absolute Gasteiger partial charge is 0.235 e. The molecule has 10 aromatic carbocycles. The molecule has 0 saturated carbocycles. The molecule has 2 aliphatic rings. The molecule has 4 heteroatoms. The van der Waals surface area contributed by atoms with Gasteiger partial charge in [-0.1, -0.05) is 146 Å². The van der Waals surface area contributed by atoms with Crippen molar-refractivity contribution in [1.29, 1.82) is 0 Å². The van der Waals surface area contributed by atoms with E-state index in [2.05, 4.69) is 255 Å². The zero-order chi connectivity index (χ0) is 43.3. The first kappa shape index (κ1) is 36.7. The Bertz CT molecular complexity index is 4380. The molecule has 0 radical (unpaired) electrons. The fourth-order valence-corrected chi connectivity index (χ4v) is 11.1. The number of anilines is 2. The van der Waals surface area contributed by atoms with Crippen LogP contribution >= 0.6 is 0 Å². The topological polar surface area (TPSA) is 16.1 Å². The summed E-state index contributed by atoms with van der Waals surface area (Å²) in [5, 5.41) is 14.7. The molecule has 0 bridgehead atoms. The lowest BCUT2D eigenvalue weighted by Gasteiger charge is -2.27. The highest BCUT2D eigenvalue weighted by atomic mass is 15.2. The second kappa shape index (κ2) is 14.4. The molecule has 0 saturated heterocycles. The van der Waals surface area contributed by atoms with Gasteiger partial charge in [-0.3, -0.25) is 0 Å². The maximum atomic E-state index is 2.46. The Kier molecular flexibility index (Phi) is 8.01. The SMILES string of the molecule is C1=[N+](c2ccccc2)c2cc3c(cc2N(c2ccccc2)C1)=c1ccccc1=c1cc(-n2c4ccccc4c4cc(-n5c6ccccc6c6ccccc65)ccc42)ccc1=c1ccccc1=3. The predicted octanol–water partition coefficient (Wildman–Crippen LogP) is 14.4.